The van der Waals surface area contributed by atoms with Gasteiger partial charge in [0, 0.05) is 6.42 Å². The summed E-state index contributed by atoms with van der Waals surface area (Å²) in [6, 6.07) is 14.1. The van der Waals surface area contributed by atoms with Crippen LogP contribution in [-0.2, 0) is 16.5 Å². The van der Waals surface area contributed by atoms with E-state index in [1.54, 1.807) is 6.07 Å². The first-order valence-corrected chi connectivity index (χ1v) is 7.46. The van der Waals surface area contributed by atoms with Crippen LogP contribution in [0, 0.1) is 0 Å². The van der Waals surface area contributed by atoms with Gasteiger partial charge in [-0.2, -0.15) is 8.42 Å². The third-order valence-corrected chi connectivity index (χ3v) is 3.87. The normalized spacial score (nSPS) is 11.8. The summed E-state index contributed by atoms with van der Waals surface area (Å²) in [7, 11) is -4.20. The number of hydrogen-bond acceptors (Lipinski definition) is 3. The fourth-order valence-electron chi connectivity index (χ4n) is 2.07. The van der Waals surface area contributed by atoms with Crippen molar-refractivity contribution in [2.24, 2.45) is 0 Å². The third-order valence-electron chi connectivity index (χ3n) is 3.02. The fourth-order valence-corrected chi connectivity index (χ4v) is 2.57. The minimum Gasteiger partial charge on any atom is -0.342 e. The Morgan fingerprint density at radius 3 is 2.55 bits per heavy atom. The van der Waals surface area contributed by atoms with Crippen molar-refractivity contribution in [2.45, 2.75) is 11.3 Å². The van der Waals surface area contributed by atoms with Gasteiger partial charge in [0.2, 0.25) is 0 Å². The summed E-state index contributed by atoms with van der Waals surface area (Å²) in [5.41, 5.74) is 2.37. The first kappa shape index (κ1) is 12.8. The molecule has 0 atom stereocenters. The largest absolute Gasteiger partial charge is 0.342 e. The van der Waals surface area contributed by atoms with Crippen molar-refractivity contribution in [2.75, 3.05) is 0 Å². The van der Waals surface area contributed by atoms with E-state index in [9.17, 15) is 8.42 Å². The number of H-pyrrole nitrogens is 1. The Labute approximate surface area is 116 Å². The van der Waals surface area contributed by atoms with Crippen LogP contribution in [0.25, 0.3) is 11.0 Å². The Morgan fingerprint density at radius 1 is 1.10 bits per heavy atom. The highest BCUT2D eigenvalue weighted by Crippen LogP contribution is 2.18. The second kappa shape index (κ2) is 4.73. The maximum Gasteiger partial charge on any atom is 0.294 e. The number of nitrogens with zero attached hydrogens (tertiary/aromatic N) is 1. The van der Waals surface area contributed by atoms with Crippen molar-refractivity contribution in [3.63, 3.8) is 0 Å². The summed E-state index contributed by atoms with van der Waals surface area (Å²) >= 11 is 0. The van der Waals surface area contributed by atoms with Crippen LogP contribution in [0.3, 0.4) is 0 Å². The second-order valence-electron chi connectivity index (χ2n) is 4.50. The maximum atomic E-state index is 11.1. The van der Waals surface area contributed by atoms with Crippen molar-refractivity contribution < 1.29 is 13.0 Å². The van der Waals surface area contributed by atoms with Crippen molar-refractivity contribution >= 4 is 21.2 Å². The van der Waals surface area contributed by atoms with Gasteiger partial charge in [-0.25, -0.2) is 4.98 Å². The van der Waals surface area contributed by atoms with Gasteiger partial charge in [0.1, 0.15) is 5.82 Å². The average molecular weight is 288 g/mol. The van der Waals surface area contributed by atoms with Crippen LogP contribution >= 0.6 is 0 Å². The van der Waals surface area contributed by atoms with E-state index < -0.39 is 10.1 Å². The minimum atomic E-state index is -4.20. The van der Waals surface area contributed by atoms with E-state index in [1.165, 1.54) is 12.1 Å². The zero-order valence-electron chi connectivity index (χ0n) is 10.4. The molecule has 0 spiro atoms. The van der Waals surface area contributed by atoms with E-state index in [4.69, 9.17) is 4.55 Å². The molecule has 0 fully saturated rings. The summed E-state index contributed by atoms with van der Waals surface area (Å²) in [6.45, 7) is 0. The number of nitrogens with one attached hydrogen (secondary N) is 1. The standard InChI is InChI=1S/C14H12N2O3S/c17-20(18,19)11-6-7-12-13(9-11)16-14(15-12)8-10-4-2-1-3-5-10/h1-7,9H,8H2,(H,15,16)(H,17,18,19). The number of benzene rings is 2. The molecule has 0 bridgehead atoms. The zero-order valence-corrected chi connectivity index (χ0v) is 11.3. The van der Waals surface area contributed by atoms with Crippen molar-refractivity contribution in [3.8, 4) is 0 Å². The smallest absolute Gasteiger partial charge is 0.294 e. The van der Waals surface area contributed by atoms with Crippen LogP contribution in [0.4, 0.5) is 0 Å². The molecule has 20 heavy (non-hydrogen) atoms. The van der Waals surface area contributed by atoms with E-state index in [-0.39, 0.29) is 4.90 Å². The summed E-state index contributed by atoms with van der Waals surface area (Å²) in [5, 5.41) is 0. The number of hydrogen-bond donors (Lipinski definition) is 2. The summed E-state index contributed by atoms with van der Waals surface area (Å²) in [5.74, 6) is 0.749. The molecule has 5 nitrogen and oxygen atoms in total. The minimum absolute atomic E-state index is 0.150. The van der Waals surface area contributed by atoms with Crippen LogP contribution in [0.15, 0.2) is 53.4 Å². The van der Waals surface area contributed by atoms with E-state index >= 15 is 0 Å². The number of imidazole rings is 1. The molecule has 102 valence electrons. The Balaban J connectivity index is 1.99. The van der Waals surface area contributed by atoms with Crippen LogP contribution in [0.2, 0.25) is 0 Å². The van der Waals surface area contributed by atoms with Crippen LogP contribution in [-0.4, -0.2) is 22.9 Å². The molecule has 0 amide bonds. The topological polar surface area (TPSA) is 83.0 Å². The van der Waals surface area contributed by atoms with Crippen molar-refractivity contribution in [1.29, 1.82) is 0 Å². The maximum absolute atomic E-state index is 11.1. The molecule has 0 aliphatic carbocycles. The lowest BCUT2D eigenvalue weighted by Crippen LogP contribution is -1.97. The zero-order chi connectivity index (χ0) is 14.2. The quantitative estimate of drug-likeness (QED) is 0.725. The molecule has 0 saturated carbocycles. The van der Waals surface area contributed by atoms with Gasteiger partial charge in [0.25, 0.3) is 10.1 Å². The van der Waals surface area contributed by atoms with Gasteiger partial charge in [-0.15, -0.1) is 0 Å². The molecule has 0 aliphatic heterocycles. The van der Waals surface area contributed by atoms with Crippen molar-refractivity contribution in [3.05, 3.63) is 59.9 Å². The van der Waals surface area contributed by atoms with E-state index in [0.29, 0.717) is 11.9 Å². The fraction of sp³-hybridized carbons (Fsp3) is 0.0714. The van der Waals surface area contributed by atoms with Gasteiger partial charge in [-0.05, 0) is 23.8 Å². The molecule has 0 radical (unpaired) electrons. The van der Waals surface area contributed by atoms with Crippen molar-refractivity contribution in [1.82, 2.24) is 9.97 Å². The second-order valence-corrected chi connectivity index (χ2v) is 5.92. The number of aromatic nitrogens is 2. The molecule has 6 heteroatoms. The third kappa shape index (κ3) is 2.56. The van der Waals surface area contributed by atoms with E-state index in [2.05, 4.69) is 9.97 Å². The van der Waals surface area contributed by atoms with Gasteiger partial charge in [0.15, 0.2) is 0 Å². The van der Waals surface area contributed by atoms with Crippen LogP contribution < -0.4 is 0 Å². The molecule has 3 rings (SSSR count). The van der Waals surface area contributed by atoms with Crippen LogP contribution in [0.1, 0.15) is 11.4 Å². The molecule has 3 aromatic rings. The Hall–Kier alpha value is -2.18. The lowest BCUT2D eigenvalue weighted by molar-refractivity contribution is 0.483. The van der Waals surface area contributed by atoms with E-state index in [1.807, 2.05) is 30.3 Å². The van der Waals surface area contributed by atoms with Gasteiger partial charge in [-0.3, -0.25) is 4.55 Å². The molecule has 2 aromatic carbocycles. The molecule has 0 aliphatic rings. The van der Waals surface area contributed by atoms with Crippen LogP contribution in [0.5, 0.6) is 0 Å². The molecule has 0 unspecified atom stereocenters. The first-order chi connectivity index (χ1) is 9.52. The Morgan fingerprint density at radius 2 is 1.85 bits per heavy atom. The number of aromatic amines is 1. The van der Waals surface area contributed by atoms with Gasteiger partial charge >= 0.3 is 0 Å². The van der Waals surface area contributed by atoms with Gasteiger partial charge in [0.05, 0.1) is 15.9 Å². The SMILES string of the molecule is O=S(=O)(O)c1ccc2[nH]c(Cc3ccccc3)nc2c1. The highest BCUT2D eigenvalue weighted by atomic mass is 32.2. The number of fused-ring (bicyclic) bond motifs is 1. The molecule has 0 saturated heterocycles. The predicted molar refractivity (Wildman–Crippen MR) is 75.2 cm³/mol. The average Bonchev–Trinajstić information content (AvgIpc) is 2.80. The molecule has 2 N–H and O–H groups in total. The van der Waals surface area contributed by atoms with Gasteiger partial charge < -0.3 is 4.98 Å². The molecule has 1 heterocycles. The molecular weight excluding hydrogens is 276 g/mol. The Bertz CT molecular complexity index is 855. The summed E-state index contributed by atoms with van der Waals surface area (Å²) in [4.78, 5) is 7.34. The van der Waals surface area contributed by atoms with E-state index in [0.717, 1.165) is 16.9 Å². The monoisotopic (exact) mass is 288 g/mol. The molecule has 1 aromatic heterocycles. The summed E-state index contributed by atoms with van der Waals surface area (Å²) < 4.78 is 31.2. The first-order valence-electron chi connectivity index (χ1n) is 6.02. The highest BCUT2D eigenvalue weighted by Gasteiger charge is 2.12. The predicted octanol–water partition coefficient (Wildman–Crippen LogP) is 2.40. The molecular formula is C14H12N2O3S. The number of rotatable bonds is 3. The lowest BCUT2D eigenvalue weighted by atomic mass is 10.1. The Kier molecular flexibility index (Phi) is 3.04. The lowest BCUT2D eigenvalue weighted by Gasteiger charge is -1.96. The highest BCUT2D eigenvalue weighted by molar-refractivity contribution is 7.85. The van der Waals surface area contributed by atoms with Gasteiger partial charge in [-0.1, -0.05) is 30.3 Å². The summed E-state index contributed by atoms with van der Waals surface area (Å²) in [6.07, 6.45) is 0.636.